The molecule has 0 aliphatic rings. The van der Waals surface area contributed by atoms with E-state index in [1.54, 1.807) is 26.0 Å². The molecule has 2 rings (SSSR count). The Hall–Kier alpha value is -2.17. The van der Waals surface area contributed by atoms with E-state index in [4.69, 9.17) is 0 Å². The molecule has 0 radical (unpaired) electrons. The molecule has 2 aromatic rings. The number of aryl methyl sites for hydroxylation is 1. The van der Waals surface area contributed by atoms with Gasteiger partial charge in [0.15, 0.2) is 9.84 Å². The van der Waals surface area contributed by atoms with Gasteiger partial charge in [0.05, 0.1) is 21.3 Å². The molecule has 1 aromatic carbocycles. The maximum absolute atomic E-state index is 12.6. The molecule has 5 nitrogen and oxygen atoms in total. The number of carbonyl (C=O) groups excluding carboxylic acids is 1. The highest BCUT2D eigenvalue weighted by Crippen LogP contribution is 2.32. The molecule has 1 heterocycles. The van der Waals surface area contributed by atoms with Crippen LogP contribution in [0.1, 0.15) is 40.2 Å². The SMILES string of the molecule is Cc1sc(NC(=O)c2ccccc2S(=O)(=O)C(C)C)c(C#N)c1C. The van der Waals surface area contributed by atoms with Gasteiger partial charge < -0.3 is 5.32 Å². The Morgan fingerprint density at radius 1 is 1.25 bits per heavy atom. The van der Waals surface area contributed by atoms with Gasteiger partial charge in [-0.05, 0) is 45.4 Å². The summed E-state index contributed by atoms with van der Waals surface area (Å²) in [5, 5.41) is 11.8. The number of nitrogens with zero attached hydrogens (tertiary/aromatic N) is 1. The predicted octanol–water partition coefficient (Wildman–Crippen LogP) is 3.67. The molecule has 0 aliphatic carbocycles. The lowest BCUT2D eigenvalue weighted by atomic mass is 10.1. The first kappa shape index (κ1) is 18.2. The van der Waals surface area contributed by atoms with Gasteiger partial charge in [-0.25, -0.2) is 8.42 Å². The number of benzene rings is 1. The van der Waals surface area contributed by atoms with Crippen molar-refractivity contribution < 1.29 is 13.2 Å². The summed E-state index contributed by atoms with van der Waals surface area (Å²) in [7, 11) is -3.59. The summed E-state index contributed by atoms with van der Waals surface area (Å²) in [5.74, 6) is -0.535. The molecule has 0 saturated carbocycles. The zero-order valence-corrected chi connectivity index (χ0v) is 15.5. The van der Waals surface area contributed by atoms with E-state index in [-0.39, 0.29) is 10.5 Å². The largest absolute Gasteiger partial charge is 0.312 e. The van der Waals surface area contributed by atoms with Crippen LogP contribution in [0, 0.1) is 25.2 Å². The molecule has 0 saturated heterocycles. The van der Waals surface area contributed by atoms with Crippen molar-refractivity contribution in [3.05, 3.63) is 45.8 Å². The second-order valence-corrected chi connectivity index (χ2v) is 9.34. The second kappa shape index (κ2) is 6.75. The molecular weight excluding hydrogens is 344 g/mol. The molecule has 0 spiro atoms. The third-order valence-corrected chi connectivity index (χ3v) is 7.12. The predicted molar refractivity (Wildman–Crippen MR) is 95.2 cm³/mol. The summed E-state index contributed by atoms with van der Waals surface area (Å²) in [4.78, 5) is 13.6. The van der Waals surface area contributed by atoms with Crippen LogP contribution in [0.3, 0.4) is 0 Å². The summed E-state index contributed by atoms with van der Waals surface area (Å²) in [5.41, 5.74) is 1.31. The van der Waals surface area contributed by atoms with Crippen molar-refractivity contribution in [3.63, 3.8) is 0 Å². The molecule has 7 heteroatoms. The van der Waals surface area contributed by atoms with Crippen LogP contribution in [0.15, 0.2) is 29.2 Å². The van der Waals surface area contributed by atoms with E-state index >= 15 is 0 Å². The molecule has 0 unspecified atom stereocenters. The van der Waals surface area contributed by atoms with Gasteiger partial charge in [0, 0.05) is 4.88 Å². The zero-order chi connectivity index (χ0) is 18.1. The minimum Gasteiger partial charge on any atom is -0.312 e. The summed E-state index contributed by atoms with van der Waals surface area (Å²) < 4.78 is 24.9. The van der Waals surface area contributed by atoms with E-state index in [1.165, 1.54) is 23.5 Å². The molecular formula is C17H18N2O3S2. The Kier molecular flexibility index (Phi) is 5.11. The molecule has 0 fully saturated rings. The fourth-order valence-corrected chi connectivity index (χ4v) is 4.43. The van der Waals surface area contributed by atoms with E-state index in [0.717, 1.165) is 10.4 Å². The van der Waals surface area contributed by atoms with Crippen molar-refractivity contribution in [2.75, 3.05) is 5.32 Å². The summed E-state index contributed by atoms with van der Waals surface area (Å²) in [6, 6.07) is 8.19. The Morgan fingerprint density at radius 3 is 2.46 bits per heavy atom. The van der Waals surface area contributed by atoms with Crippen LogP contribution in [-0.2, 0) is 9.84 Å². The Balaban J connectivity index is 2.47. The monoisotopic (exact) mass is 362 g/mol. The molecule has 126 valence electrons. The third-order valence-electron chi connectivity index (χ3n) is 3.78. The summed E-state index contributed by atoms with van der Waals surface area (Å²) in [6.07, 6.45) is 0. The standard InChI is InChI=1S/C17H18N2O3S2/c1-10(2)24(21,22)15-8-6-5-7-13(15)16(20)19-17-14(9-18)11(3)12(4)23-17/h5-8,10H,1-4H3,(H,19,20). The van der Waals surface area contributed by atoms with E-state index in [2.05, 4.69) is 11.4 Å². The van der Waals surface area contributed by atoms with E-state index in [1.807, 2.05) is 13.8 Å². The quantitative estimate of drug-likeness (QED) is 0.899. The highest BCUT2D eigenvalue weighted by molar-refractivity contribution is 7.92. The van der Waals surface area contributed by atoms with Gasteiger partial charge in [-0.15, -0.1) is 11.3 Å². The minimum atomic E-state index is -3.59. The van der Waals surface area contributed by atoms with Crippen LogP contribution in [0.25, 0.3) is 0 Å². The molecule has 1 N–H and O–H groups in total. The normalized spacial score (nSPS) is 11.3. The minimum absolute atomic E-state index is 0.000933. The number of rotatable bonds is 4. The number of thiophene rings is 1. The van der Waals surface area contributed by atoms with E-state index in [0.29, 0.717) is 10.6 Å². The number of anilines is 1. The lowest BCUT2D eigenvalue weighted by molar-refractivity contribution is 0.102. The van der Waals surface area contributed by atoms with Gasteiger partial charge in [-0.2, -0.15) is 5.26 Å². The Bertz CT molecular complexity index is 935. The van der Waals surface area contributed by atoms with Gasteiger partial charge in [0.2, 0.25) is 0 Å². The van der Waals surface area contributed by atoms with Crippen LogP contribution in [-0.4, -0.2) is 19.6 Å². The van der Waals surface area contributed by atoms with Crippen LogP contribution in [0.5, 0.6) is 0 Å². The van der Waals surface area contributed by atoms with Crippen LogP contribution < -0.4 is 5.32 Å². The third kappa shape index (κ3) is 3.21. The number of amides is 1. The highest BCUT2D eigenvalue weighted by atomic mass is 32.2. The average Bonchev–Trinajstić information content (AvgIpc) is 2.80. The number of sulfone groups is 1. The van der Waals surface area contributed by atoms with Gasteiger partial charge in [-0.1, -0.05) is 12.1 Å². The summed E-state index contributed by atoms with van der Waals surface area (Å²) >= 11 is 1.30. The van der Waals surface area contributed by atoms with E-state index < -0.39 is 21.0 Å². The van der Waals surface area contributed by atoms with Crippen molar-refractivity contribution in [3.8, 4) is 6.07 Å². The zero-order valence-electron chi connectivity index (χ0n) is 13.9. The topological polar surface area (TPSA) is 87.0 Å². The molecule has 24 heavy (non-hydrogen) atoms. The second-order valence-electron chi connectivity index (χ2n) is 5.64. The molecule has 1 amide bonds. The van der Waals surface area contributed by atoms with Gasteiger partial charge >= 0.3 is 0 Å². The van der Waals surface area contributed by atoms with Crippen molar-refractivity contribution in [2.24, 2.45) is 0 Å². The molecule has 0 aliphatic heterocycles. The fourth-order valence-electron chi connectivity index (χ4n) is 2.18. The van der Waals surface area contributed by atoms with Crippen LogP contribution >= 0.6 is 11.3 Å². The van der Waals surface area contributed by atoms with Crippen molar-refractivity contribution in [1.29, 1.82) is 5.26 Å². The first-order chi connectivity index (χ1) is 11.2. The number of carbonyl (C=O) groups is 1. The number of hydrogen-bond donors (Lipinski definition) is 1. The van der Waals surface area contributed by atoms with E-state index in [9.17, 15) is 18.5 Å². The molecule has 0 atom stereocenters. The fraction of sp³-hybridized carbons (Fsp3) is 0.294. The molecule has 0 bridgehead atoms. The van der Waals surface area contributed by atoms with Crippen molar-refractivity contribution >= 4 is 32.1 Å². The first-order valence-corrected chi connectivity index (χ1v) is 9.70. The maximum Gasteiger partial charge on any atom is 0.257 e. The average molecular weight is 362 g/mol. The number of hydrogen-bond acceptors (Lipinski definition) is 5. The first-order valence-electron chi connectivity index (χ1n) is 7.34. The van der Waals surface area contributed by atoms with Gasteiger partial charge in [0.1, 0.15) is 11.1 Å². The maximum atomic E-state index is 12.6. The Morgan fingerprint density at radius 2 is 1.88 bits per heavy atom. The smallest absolute Gasteiger partial charge is 0.257 e. The number of nitrogens with one attached hydrogen (secondary N) is 1. The summed E-state index contributed by atoms with van der Waals surface area (Å²) in [6.45, 7) is 6.83. The van der Waals surface area contributed by atoms with Crippen LogP contribution in [0.2, 0.25) is 0 Å². The highest BCUT2D eigenvalue weighted by Gasteiger charge is 2.26. The van der Waals surface area contributed by atoms with Crippen molar-refractivity contribution in [1.82, 2.24) is 0 Å². The van der Waals surface area contributed by atoms with Crippen LogP contribution in [0.4, 0.5) is 5.00 Å². The van der Waals surface area contributed by atoms with Crippen molar-refractivity contribution in [2.45, 2.75) is 37.8 Å². The van der Waals surface area contributed by atoms with Gasteiger partial charge in [0.25, 0.3) is 5.91 Å². The molecule has 1 aromatic heterocycles. The number of nitriles is 1. The van der Waals surface area contributed by atoms with Gasteiger partial charge in [-0.3, -0.25) is 4.79 Å². The lowest BCUT2D eigenvalue weighted by Crippen LogP contribution is -2.20. The lowest BCUT2D eigenvalue weighted by Gasteiger charge is -2.12. The Labute approximate surface area is 145 Å².